The number of esters is 3. The molecule has 0 amide bonds. The van der Waals surface area contributed by atoms with Gasteiger partial charge >= 0.3 is 17.9 Å². The third kappa shape index (κ3) is 4.01. The van der Waals surface area contributed by atoms with Gasteiger partial charge in [0, 0.05) is 27.0 Å². The molecule has 2 heterocycles. The Morgan fingerprint density at radius 2 is 1.43 bits per heavy atom. The van der Waals surface area contributed by atoms with Crippen LogP contribution in [0.3, 0.4) is 0 Å². The molecular weight excluding hydrogens is 366 g/mol. The van der Waals surface area contributed by atoms with Gasteiger partial charge in [0.1, 0.15) is 0 Å². The number of para-hydroxylation sites is 1. The molecule has 8 heteroatoms. The van der Waals surface area contributed by atoms with Crippen molar-refractivity contribution in [2.75, 3.05) is 0 Å². The molecule has 0 N–H and O–H groups in total. The summed E-state index contributed by atoms with van der Waals surface area (Å²) in [5, 5.41) is 0.978. The summed E-state index contributed by atoms with van der Waals surface area (Å²) in [5.41, 5.74) is 0.865. The molecule has 0 unspecified atom stereocenters. The standard InChI is InChI=1S/C20H23NO7/c1-11-17(26-12(2)22)18(27-13(3)23)19(28-14(4)24)20(25-11)21-10-9-15-7-5-6-8-16(15)21/h5-11,17-20H,1-4H3/t11-,17-,18+,19+,20+/m0/s1. The number of rotatable bonds is 4. The normalized spacial score (nSPS) is 27.2. The predicted octanol–water partition coefficient (Wildman–Crippen LogP) is 2.35. The van der Waals surface area contributed by atoms with Gasteiger partial charge in [0.2, 0.25) is 0 Å². The van der Waals surface area contributed by atoms with Crippen LogP contribution in [-0.4, -0.2) is 46.9 Å². The lowest BCUT2D eigenvalue weighted by Gasteiger charge is -2.44. The first-order chi connectivity index (χ1) is 13.3. The fourth-order valence-corrected chi connectivity index (χ4v) is 3.54. The molecule has 0 spiro atoms. The average molecular weight is 389 g/mol. The van der Waals surface area contributed by atoms with Gasteiger partial charge in [0.05, 0.1) is 11.6 Å². The number of carbonyl (C=O) groups is 3. The molecule has 150 valence electrons. The highest BCUT2D eigenvalue weighted by Gasteiger charge is 2.51. The molecule has 8 nitrogen and oxygen atoms in total. The van der Waals surface area contributed by atoms with Gasteiger partial charge in [-0.05, 0) is 24.4 Å². The van der Waals surface area contributed by atoms with E-state index in [1.54, 1.807) is 6.92 Å². The van der Waals surface area contributed by atoms with Crippen LogP contribution < -0.4 is 0 Å². The number of nitrogens with zero attached hydrogens (tertiary/aromatic N) is 1. The molecule has 28 heavy (non-hydrogen) atoms. The summed E-state index contributed by atoms with van der Waals surface area (Å²) in [6, 6.07) is 9.57. The summed E-state index contributed by atoms with van der Waals surface area (Å²) >= 11 is 0. The molecule has 1 aromatic carbocycles. The molecule has 5 atom stereocenters. The maximum atomic E-state index is 11.8. The van der Waals surface area contributed by atoms with Crippen molar-refractivity contribution in [1.82, 2.24) is 4.57 Å². The maximum Gasteiger partial charge on any atom is 0.303 e. The van der Waals surface area contributed by atoms with E-state index in [-0.39, 0.29) is 0 Å². The van der Waals surface area contributed by atoms with Crippen molar-refractivity contribution in [3.8, 4) is 0 Å². The Balaban J connectivity index is 2.06. The molecule has 1 aliphatic rings. The average Bonchev–Trinajstić information content (AvgIpc) is 3.03. The van der Waals surface area contributed by atoms with Gasteiger partial charge in [0.25, 0.3) is 0 Å². The Labute approximate surface area is 162 Å². The lowest BCUT2D eigenvalue weighted by atomic mass is 9.97. The van der Waals surface area contributed by atoms with Gasteiger partial charge in [-0.25, -0.2) is 0 Å². The fourth-order valence-electron chi connectivity index (χ4n) is 3.54. The largest absolute Gasteiger partial charge is 0.456 e. The maximum absolute atomic E-state index is 11.8. The molecule has 0 bridgehead atoms. The van der Waals surface area contributed by atoms with E-state index < -0.39 is 48.6 Å². The van der Waals surface area contributed by atoms with Crippen molar-refractivity contribution in [2.24, 2.45) is 0 Å². The number of carbonyl (C=O) groups excluding carboxylic acids is 3. The van der Waals surface area contributed by atoms with Gasteiger partial charge < -0.3 is 23.5 Å². The highest BCUT2D eigenvalue weighted by Crippen LogP contribution is 2.36. The Morgan fingerprint density at radius 1 is 0.857 bits per heavy atom. The molecule has 1 aromatic heterocycles. The molecule has 0 aliphatic carbocycles. The Hall–Kier alpha value is -2.87. The molecular formula is C20H23NO7. The van der Waals surface area contributed by atoms with Crippen molar-refractivity contribution in [2.45, 2.75) is 58.3 Å². The van der Waals surface area contributed by atoms with E-state index in [9.17, 15) is 14.4 Å². The van der Waals surface area contributed by atoms with Crippen LogP contribution in [-0.2, 0) is 33.3 Å². The second-order valence-corrected chi connectivity index (χ2v) is 6.74. The van der Waals surface area contributed by atoms with Gasteiger partial charge in [0.15, 0.2) is 24.5 Å². The van der Waals surface area contributed by atoms with Crippen molar-refractivity contribution in [3.05, 3.63) is 36.5 Å². The van der Waals surface area contributed by atoms with E-state index in [0.29, 0.717) is 0 Å². The smallest absolute Gasteiger partial charge is 0.303 e. The summed E-state index contributed by atoms with van der Waals surface area (Å²) in [4.78, 5) is 35.1. The van der Waals surface area contributed by atoms with Gasteiger partial charge in [-0.1, -0.05) is 18.2 Å². The zero-order chi connectivity index (χ0) is 20.4. The summed E-state index contributed by atoms with van der Waals surface area (Å²) in [6.45, 7) is 5.47. The summed E-state index contributed by atoms with van der Waals surface area (Å²) in [6.07, 6.45) is -2.49. The first-order valence-electron chi connectivity index (χ1n) is 9.00. The van der Waals surface area contributed by atoms with Gasteiger partial charge in [-0.3, -0.25) is 14.4 Å². The highest BCUT2D eigenvalue weighted by molar-refractivity contribution is 5.80. The van der Waals surface area contributed by atoms with Crippen LogP contribution in [0, 0.1) is 0 Å². The monoisotopic (exact) mass is 389 g/mol. The molecule has 0 radical (unpaired) electrons. The number of benzene rings is 1. The number of fused-ring (bicyclic) bond motifs is 1. The van der Waals surface area contributed by atoms with E-state index in [2.05, 4.69) is 0 Å². The minimum atomic E-state index is -1.01. The number of ether oxygens (including phenoxy) is 4. The van der Waals surface area contributed by atoms with Crippen LogP contribution in [0.2, 0.25) is 0 Å². The second kappa shape index (κ2) is 8.02. The zero-order valence-corrected chi connectivity index (χ0v) is 16.2. The van der Waals surface area contributed by atoms with Crippen molar-refractivity contribution in [1.29, 1.82) is 0 Å². The van der Waals surface area contributed by atoms with Gasteiger partial charge in [-0.2, -0.15) is 0 Å². The van der Waals surface area contributed by atoms with Crippen molar-refractivity contribution >= 4 is 28.8 Å². The first-order valence-corrected chi connectivity index (χ1v) is 9.00. The lowest BCUT2D eigenvalue weighted by molar-refractivity contribution is -0.258. The Morgan fingerprint density at radius 3 is 2.07 bits per heavy atom. The van der Waals surface area contributed by atoms with Crippen LogP contribution >= 0.6 is 0 Å². The molecule has 0 saturated carbocycles. The predicted molar refractivity (Wildman–Crippen MR) is 98.2 cm³/mol. The molecule has 2 aromatic rings. The lowest BCUT2D eigenvalue weighted by Crippen LogP contribution is -2.58. The van der Waals surface area contributed by atoms with E-state index in [0.717, 1.165) is 10.9 Å². The quantitative estimate of drug-likeness (QED) is 0.585. The second-order valence-electron chi connectivity index (χ2n) is 6.74. The topological polar surface area (TPSA) is 93.1 Å². The zero-order valence-electron chi connectivity index (χ0n) is 16.2. The number of hydrogen-bond acceptors (Lipinski definition) is 7. The van der Waals surface area contributed by atoms with E-state index in [1.165, 1.54) is 20.8 Å². The van der Waals surface area contributed by atoms with E-state index in [1.807, 2.05) is 41.1 Å². The number of hydrogen-bond donors (Lipinski definition) is 0. The minimum absolute atomic E-state index is 0.552. The van der Waals surface area contributed by atoms with Crippen molar-refractivity contribution in [3.63, 3.8) is 0 Å². The summed E-state index contributed by atoms with van der Waals surface area (Å²) in [7, 11) is 0. The highest BCUT2D eigenvalue weighted by atomic mass is 16.7. The van der Waals surface area contributed by atoms with Crippen LogP contribution in [0.5, 0.6) is 0 Å². The Bertz CT molecular complexity index is 890. The summed E-state index contributed by atoms with van der Waals surface area (Å²) < 4.78 is 24.2. The van der Waals surface area contributed by atoms with Crippen LogP contribution in [0.15, 0.2) is 36.5 Å². The molecule has 1 saturated heterocycles. The van der Waals surface area contributed by atoms with Gasteiger partial charge in [-0.15, -0.1) is 0 Å². The summed E-state index contributed by atoms with van der Waals surface area (Å²) in [5.74, 6) is -1.70. The van der Waals surface area contributed by atoms with E-state index in [4.69, 9.17) is 18.9 Å². The first kappa shape index (κ1) is 19.9. The van der Waals surface area contributed by atoms with Crippen LogP contribution in [0.25, 0.3) is 10.9 Å². The Kier molecular flexibility index (Phi) is 5.69. The molecule has 3 rings (SSSR count). The van der Waals surface area contributed by atoms with Crippen LogP contribution in [0.4, 0.5) is 0 Å². The molecule has 1 fully saturated rings. The van der Waals surface area contributed by atoms with Crippen molar-refractivity contribution < 1.29 is 33.3 Å². The fraction of sp³-hybridized carbons (Fsp3) is 0.450. The SMILES string of the molecule is CC(=O)O[C@@H]1[C@@H](OC(C)=O)[C@H](C)O[C@@H](n2ccc3ccccc32)[C@@H]1OC(C)=O. The third-order valence-corrected chi connectivity index (χ3v) is 4.56. The molecule has 1 aliphatic heterocycles. The minimum Gasteiger partial charge on any atom is -0.456 e. The van der Waals surface area contributed by atoms with E-state index >= 15 is 0 Å². The van der Waals surface area contributed by atoms with Crippen LogP contribution in [0.1, 0.15) is 33.9 Å². The third-order valence-electron chi connectivity index (χ3n) is 4.56. The number of aromatic nitrogens is 1.